The Labute approximate surface area is 154 Å². The summed E-state index contributed by atoms with van der Waals surface area (Å²) in [7, 11) is 0. The number of carbonyl (C=O) groups is 2. The maximum Gasteiger partial charge on any atom is 0.322 e. The van der Waals surface area contributed by atoms with Gasteiger partial charge in [0.1, 0.15) is 0 Å². The van der Waals surface area contributed by atoms with E-state index in [1.54, 1.807) is 9.80 Å². The standard InChI is InChI=1S/C21H25N3O2/c1-2-23(18-12-4-3-5-13-18)20(25)16-22-21(26)24-15-9-8-11-17-10-6-7-14-19(17)24/h3-7,10,12-14H,2,8-9,11,15-16H2,1H3,(H,22,26). The number of fused-ring (bicyclic) bond motifs is 1. The third-order valence-electron chi connectivity index (χ3n) is 4.68. The molecule has 0 spiro atoms. The van der Waals surface area contributed by atoms with Gasteiger partial charge in [-0.15, -0.1) is 0 Å². The number of aryl methyl sites for hydroxylation is 1. The van der Waals surface area contributed by atoms with E-state index in [-0.39, 0.29) is 18.5 Å². The fraction of sp³-hybridized carbons (Fsp3) is 0.333. The summed E-state index contributed by atoms with van der Waals surface area (Å²) in [4.78, 5) is 28.7. The van der Waals surface area contributed by atoms with E-state index in [4.69, 9.17) is 0 Å². The van der Waals surface area contributed by atoms with Gasteiger partial charge in [0.05, 0.1) is 6.54 Å². The molecule has 0 saturated heterocycles. The first-order valence-electron chi connectivity index (χ1n) is 9.19. The van der Waals surface area contributed by atoms with Gasteiger partial charge in [-0.1, -0.05) is 36.4 Å². The fourth-order valence-electron chi connectivity index (χ4n) is 3.36. The van der Waals surface area contributed by atoms with Crippen LogP contribution in [-0.2, 0) is 11.2 Å². The Balaban J connectivity index is 1.66. The Bertz CT molecular complexity index is 761. The lowest BCUT2D eigenvalue weighted by molar-refractivity contribution is -0.117. The van der Waals surface area contributed by atoms with Gasteiger partial charge in [0.15, 0.2) is 0 Å². The molecule has 0 unspecified atom stereocenters. The molecular weight excluding hydrogens is 326 g/mol. The highest BCUT2D eigenvalue weighted by Crippen LogP contribution is 2.26. The largest absolute Gasteiger partial charge is 0.329 e. The van der Waals surface area contributed by atoms with E-state index < -0.39 is 0 Å². The maximum atomic E-state index is 12.7. The lowest BCUT2D eigenvalue weighted by Crippen LogP contribution is -2.46. The predicted molar refractivity (Wildman–Crippen MR) is 105 cm³/mol. The van der Waals surface area contributed by atoms with Gasteiger partial charge in [-0.2, -0.15) is 0 Å². The van der Waals surface area contributed by atoms with Gasteiger partial charge >= 0.3 is 6.03 Å². The van der Waals surface area contributed by atoms with Gasteiger partial charge in [0.2, 0.25) is 5.91 Å². The van der Waals surface area contributed by atoms with Gasteiger partial charge in [0.25, 0.3) is 0 Å². The van der Waals surface area contributed by atoms with Crippen LogP contribution >= 0.6 is 0 Å². The van der Waals surface area contributed by atoms with Gasteiger partial charge in [0, 0.05) is 24.5 Å². The molecular formula is C21H25N3O2. The Morgan fingerprint density at radius 1 is 1.04 bits per heavy atom. The summed E-state index contributed by atoms with van der Waals surface area (Å²) < 4.78 is 0. The van der Waals surface area contributed by atoms with Gasteiger partial charge < -0.3 is 10.2 Å². The van der Waals surface area contributed by atoms with Crippen LogP contribution in [0.4, 0.5) is 16.2 Å². The highest BCUT2D eigenvalue weighted by Gasteiger charge is 2.22. The van der Waals surface area contributed by atoms with Crippen molar-refractivity contribution >= 4 is 23.3 Å². The Morgan fingerprint density at radius 2 is 1.77 bits per heavy atom. The van der Waals surface area contributed by atoms with Crippen molar-refractivity contribution in [2.24, 2.45) is 0 Å². The number of benzene rings is 2. The van der Waals surface area contributed by atoms with Crippen molar-refractivity contribution in [3.05, 3.63) is 60.2 Å². The average Bonchev–Trinajstić information content (AvgIpc) is 2.90. The fourth-order valence-corrected chi connectivity index (χ4v) is 3.36. The molecule has 5 heteroatoms. The normalized spacial score (nSPS) is 13.5. The average molecular weight is 351 g/mol. The molecule has 3 amide bonds. The molecule has 0 bridgehead atoms. The molecule has 26 heavy (non-hydrogen) atoms. The molecule has 0 aliphatic carbocycles. The minimum absolute atomic E-state index is 0.0137. The highest BCUT2D eigenvalue weighted by molar-refractivity contribution is 5.99. The third kappa shape index (κ3) is 4.04. The van der Waals surface area contributed by atoms with E-state index in [1.165, 1.54) is 5.56 Å². The van der Waals surface area contributed by atoms with Gasteiger partial charge in [-0.25, -0.2) is 4.79 Å². The number of para-hydroxylation sites is 2. The van der Waals surface area contributed by atoms with E-state index in [1.807, 2.05) is 55.5 Å². The molecule has 0 fully saturated rings. The second-order valence-electron chi connectivity index (χ2n) is 6.37. The van der Waals surface area contributed by atoms with Crippen LogP contribution in [0.5, 0.6) is 0 Å². The second kappa shape index (κ2) is 8.52. The van der Waals surface area contributed by atoms with E-state index in [0.29, 0.717) is 13.1 Å². The minimum Gasteiger partial charge on any atom is -0.329 e. The summed E-state index contributed by atoms with van der Waals surface area (Å²) in [6.45, 7) is 3.15. The van der Waals surface area contributed by atoms with Crippen molar-refractivity contribution in [1.82, 2.24) is 5.32 Å². The number of hydrogen-bond acceptors (Lipinski definition) is 2. The molecule has 1 N–H and O–H groups in total. The number of anilines is 2. The van der Waals surface area contributed by atoms with Crippen LogP contribution in [0.15, 0.2) is 54.6 Å². The van der Waals surface area contributed by atoms with Crippen molar-refractivity contribution in [2.45, 2.75) is 26.2 Å². The van der Waals surface area contributed by atoms with Crippen molar-refractivity contribution in [3.8, 4) is 0 Å². The first-order valence-corrected chi connectivity index (χ1v) is 9.19. The number of nitrogens with one attached hydrogen (secondary N) is 1. The Hall–Kier alpha value is -2.82. The molecule has 5 nitrogen and oxygen atoms in total. The highest BCUT2D eigenvalue weighted by atomic mass is 16.2. The molecule has 136 valence electrons. The van der Waals surface area contributed by atoms with Crippen LogP contribution in [0.1, 0.15) is 25.3 Å². The molecule has 0 saturated carbocycles. The molecule has 0 aromatic heterocycles. The predicted octanol–water partition coefficient (Wildman–Crippen LogP) is 3.59. The summed E-state index contributed by atoms with van der Waals surface area (Å²) in [6, 6.07) is 17.3. The van der Waals surface area contributed by atoms with Crippen molar-refractivity contribution in [1.29, 1.82) is 0 Å². The van der Waals surface area contributed by atoms with Crippen LogP contribution in [0.3, 0.4) is 0 Å². The van der Waals surface area contributed by atoms with Gasteiger partial charge in [-0.05, 0) is 49.9 Å². The number of carbonyl (C=O) groups excluding carboxylic acids is 2. The first kappa shape index (κ1) is 18.0. The zero-order chi connectivity index (χ0) is 18.4. The summed E-state index contributed by atoms with van der Waals surface area (Å²) in [6.07, 6.45) is 3.01. The van der Waals surface area contributed by atoms with E-state index in [2.05, 4.69) is 11.4 Å². The lowest BCUT2D eigenvalue weighted by atomic mass is 10.1. The topological polar surface area (TPSA) is 52.7 Å². The summed E-state index contributed by atoms with van der Waals surface area (Å²) in [5, 5.41) is 2.80. The first-order chi connectivity index (χ1) is 12.7. The molecule has 1 heterocycles. The molecule has 1 aliphatic heterocycles. The van der Waals surface area contributed by atoms with E-state index in [0.717, 1.165) is 30.6 Å². The molecule has 3 rings (SSSR count). The summed E-state index contributed by atoms with van der Waals surface area (Å²) in [5.41, 5.74) is 2.98. The number of amides is 3. The van der Waals surface area contributed by atoms with Crippen LogP contribution in [0.2, 0.25) is 0 Å². The number of hydrogen-bond donors (Lipinski definition) is 1. The molecule has 0 radical (unpaired) electrons. The van der Waals surface area contributed by atoms with Crippen LogP contribution in [-0.4, -0.2) is 31.6 Å². The second-order valence-corrected chi connectivity index (χ2v) is 6.37. The van der Waals surface area contributed by atoms with E-state index >= 15 is 0 Å². The Kier molecular flexibility index (Phi) is 5.89. The lowest BCUT2D eigenvalue weighted by Gasteiger charge is -2.25. The quantitative estimate of drug-likeness (QED) is 0.915. The smallest absolute Gasteiger partial charge is 0.322 e. The molecule has 0 atom stereocenters. The molecule has 2 aromatic carbocycles. The minimum atomic E-state index is -0.211. The summed E-state index contributed by atoms with van der Waals surface area (Å²) >= 11 is 0. The van der Waals surface area contributed by atoms with Crippen LogP contribution < -0.4 is 15.1 Å². The maximum absolute atomic E-state index is 12.7. The van der Waals surface area contributed by atoms with E-state index in [9.17, 15) is 9.59 Å². The molecule has 2 aromatic rings. The molecule has 1 aliphatic rings. The SMILES string of the molecule is CCN(C(=O)CNC(=O)N1CCCCc2ccccc21)c1ccccc1. The number of likely N-dealkylation sites (N-methyl/N-ethyl adjacent to an activating group) is 1. The van der Waals surface area contributed by atoms with Gasteiger partial charge in [-0.3, -0.25) is 9.69 Å². The third-order valence-corrected chi connectivity index (χ3v) is 4.68. The van der Waals surface area contributed by atoms with Crippen molar-refractivity contribution in [2.75, 3.05) is 29.4 Å². The number of rotatable bonds is 4. The monoisotopic (exact) mass is 351 g/mol. The van der Waals surface area contributed by atoms with Crippen LogP contribution in [0, 0.1) is 0 Å². The number of nitrogens with zero attached hydrogens (tertiary/aromatic N) is 2. The Morgan fingerprint density at radius 3 is 2.54 bits per heavy atom. The van der Waals surface area contributed by atoms with Crippen molar-refractivity contribution < 1.29 is 9.59 Å². The summed E-state index contributed by atoms with van der Waals surface area (Å²) in [5.74, 6) is -0.116. The zero-order valence-electron chi connectivity index (χ0n) is 15.1. The zero-order valence-corrected chi connectivity index (χ0v) is 15.1. The van der Waals surface area contributed by atoms with Crippen molar-refractivity contribution in [3.63, 3.8) is 0 Å². The number of urea groups is 1. The van der Waals surface area contributed by atoms with Crippen LogP contribution in [0.25, 0.3) is 0 Å².